The highest BCUT2D eigenvalue weighted by atomic mass is 16.6. The molecule has 0 aromatic rings. The van der Waals surface area contributed by atoms with E-state index >= 15 is 0 Å². The fraction of sp³-hybridized carbons (Fsp3) is 0.886. The molecule has 8 rings (SSSR count). The summed E-state index contributed by atoms with van der Waals surface area (Å²) < 4.78 is 21.3. The number of carbonyl (C=O) groups is 4. The standard InChI is InChI=1S/C18H28O6.C17H26O6/c1-4-15(2,3)14(20)23-8-13(19)24-18-7-12-5-16(21,10-18)9-17(22,6-12)11-18;1-3-11(2)14(19)22-7-13(18)23-17-6-12-4-15(20,9-17)8-16(21,5-12)10-17/h12,21-22H,4-11H2,1-3H3;11-12,20-21H,3-10H2,1-2H3. The molecule has 47 heavy (non-hydrogen) atoms. The van der Waals surface area contributed by atoms with Gasteiger partial charge in [0.1, 0.15) is 11.2 Å². The molecule has 12 nitrogen and oxygen atoms in total. The summed E-state index contributed by atoms with van der Waals surface area (Å²) in [6.45, 7) is 8.21. The third-order valence-electron chi connectivity index (χ3n) is 11.7. The minimum Gasteiger partial charge on any atom is -0.456 e. The minimum absolute atomic E-state index is 0.172. The van der Waals surface area contributed by atoms with Gasteiger partial charge < -0.3 is 39.4 Å². The molecule has 0 radical (unpaired) electrons. The Kier molecular flexibility index (Phi) is 9.38. The SMILES string of the molecule is CCC(C)(C)C(=O)OCC(=O)OC12CC3CC(O)(CC(O)(C3)C1)C2.CCC(C)C(=O)OCC(=O)OC12CC3CC(O)(CC(O)(C3)C1)C2. The fourth-order valence-corrected chi connectivity index (χ4v) is 10.2. The van der Waals surface area contributed by atoms with Crippen molar-refractivity contribution < 1.29 is 58.6 Å². The average Bonchev–Trinajstić information content (AvgIpc) is 2.90. The second-order valence-corrected chi connectivity index (χ2v) is 17.0. The largest absolute Gasteiger partial charge is 0.456 e. The summed E-state index contributed by atoms with van der Waals surface area (Å²) in [5.41, 5.74) is -6.06. The summed E-state index contributed by atoms with van der Waals surface area (Å²) in [5.74, 6) is -1.94. The summed E-state index contributed by atoms with van der Waals surface area (Å²) in [5, 5.41) is 42.6. The summed E-state index contributed by atoms with van der Waals surface area (Å²) >= 11 is 0. The van der Waals surface area contributed by atoms with E-state index in [1.807, 2.05) is 13.8 Å². The summed E-state index contributed by atoms with van der Waals surface area (Å²) in [4.78, 5) is 47.9. The van der Waals surface area contributed by atoms with Gasteiger partial charge in [-0.05, 0) is 77.0 Å². The molecule has 5 atom stereocenters. The Hall–Kier alpha value is -2.28. The fourth-order valence-electron chi connectivity index (χ4n) is 10.2. The third-order valence-corrected chi connectivity index (χ3v) is 11.7. The van der Waals surface area contributed by atoms with Gasteiger partial charge >= 0.3 is 23.9 Å². The summed E-state index contributed by atoms with van der Waals surface area (Å²) in [7, 11) is 0. The van der Waals surface area contributed by atoms with E-state index in [2.05, 4.69) is 0 Å². The zero-order chi connectivity index (χ0) is 34.7. The van der Waals surface area contributed by atoms with E-state index in [0.29, 0.717) is 89.9 Å². The summed E-state index contributed by atoms with van der Waals surface area (Å²) in [6.07, 6.45) is 7.42. The molecule has 0 aliphatic heterocycles. The van der Waals surface area contributed by atoms with E-state index in [0.717, 1.165) is 0 Å². The maximum Gasteiger partial charge on any atom is 0.344 e. The molecule has 4 N–H and O–H groups in total. The van der Waals surface area contributed by atoms with Crippen molar-refractivity contribution in [1.82, 2.24) is 0 Å². The van der Waals surface area contributed by atoms with Gasteiger partial charge in [-0.25, -0.2) is 9.59 Å². The van der Waals surface area contributed by atoms with Crippen LogP contribution in [-0.2, 0) is 38.1 Å². The first-order chi connectivity index (χ1) is 21.7. The van der Waals surface area contributed by atoms with Gasteiger partial charge in [-0.15, -0.1) is 0 Å². The molecule has 0 aromatic carbocycles. The van der Waals surface area contributed by atoms with Gasteiger partial charge in [0.25, 0.3) is 0 Å². The number of ether oxygens (including phenoxy) is 4. The molecule has 12 heteroatoms. The molecular formula is C35H54O12. The van der Waals surface area contributed by atoms with Crippen molar-refractivity contribution in [3.63, 3.8) is 0 Å². The Morgan fingerprint density at radius 2 is 1.04 bits per heavy atom. The van der Waals surface area contributed by atoms with Gasteiger partial charge in [0, 0.05) is 38.5 Å². The lowest BCUT2D eigenvalue weighted by molar-refractivity contribution is -0.263. The predicted molar refractivity (Wildman–Crippen MR) is 165 cm³/mol. The molecule has 8 saturated carbocycles. The number of esters is 4. The van der Waals surface area contributed by atoms with Gasteiger partial charge in [-0.3, -0.25) is 9.59 Å². The van der Waals surface area contributed by atoms with Crippen LogP contribution in [0.15, 0.2) is 0 Å². The van der Waals surface area contributed by atoms with Crippen LogP contribution in [0, 0.1) is 23.2 Å². The van der Waals surface area contributed by atoms with E-state index < -0.39 is 76.1 Å². The molecule has 0 aromatic heterocycles. The van der Waals surface area contributed by atoms with Gasteiger partial charge in [0.05, 0.1) is 33.7 Å². The monoisotopic (exact) mass is 666 g/mol. The number of aliphatic hydroxyl groups is 4. The Balaban J connectivity index is 0.000000185. The molecule has 0 amide bonds. The number of carbonyl (C=O) groups excluding carboxylic acids is 4. The normalized spacial score (nSPS) is 41.4. The van der Waals surface area contributed by atoms with Crippen LogP contribution >= 0.6 is 0 Å². The van der Waals surface area contributed by atoms with Gasteiger partial charge in [0.2, 0.25) is 0 Å². The molecule has 8 aliphatic rings. The van der Waals surface area contributed by atoms with Crippen molar-refractivity contribution in [2.24, 2.45) is 23.2 Å². The van der Waals surface area contributed by atoms with E-state index in [4.69, 9.17) is 18.9 Å². The molecule has 8 fully saturated rings. The zero-order valence-corrected chi connectivity index (χ0v) is 28.6. The maximum atomic E-state index is 12.2. The highest BCUT2D eigenvalue weighted by molar-refractivity contribution is 5.80. The molecule has 0 heterocycles. The molecule has 0 saturated heterocycles. The Morgan fingerprint density at radius 3 is 1.38 bits per heavy atom. The molecular weight excluding hydrogens is 612 g/mol. The number of rotatable bonds is 10. The zero-order valence-electron chi connectivity index (χ0n) is 28.6. The van der Waals surface area contributed by atoms with Crippen molar-refractivity contribution >= 4 is 23.9 Å². The van der Waals surface area contributed by atoms with Crippen molar-refractivity contribution in [1.29, 1.82) is 0 Å². The van der Waals surface area contributed by atoms with Crippen LogP contribution < -0.4 is 0 Å². The van der Waals surface area contributed by atoms with Crippen molar-refractivity contribution in [2.75, 3.05) is 13.2 Å². The number of hydrogen-bond donors (Lipinski definition) is 4. The molecule has 266 valence electrons. The van der Waals surface area contributed by atoms with Crippen LogP contribution in [0.4, 0.5) is 0 Å². The van der Waals surface area contributed by atoms with E-state index in [-0.39, 0.29) is 17.8 Å². The van der Waals surface area contributed by atoms with E-state index in [1.165, 1.54) is 0 Å². The van der Waals surface area contributed by atoms with Crippen molar-refractivity contribution in [3.8, 4) is 0 Å². The van der Waals surface area contributed by atoms with Crippen molar-refractivity contribution in [2.45, 2.75) is 158 Å². The van der Waals surface area contributed by atoms with Gasteiger partial charge in [-0.1, -0.05) is 20.8 Å². The van der Waals surface area contributed by atoms with E-state index in [9.17, 15) is 39.6 Å². The summed E-state index contributed by atoms with van der Waals surface area (Å²) in [6, 6.07) is 0. The lowest BCUT2D eigenvalue weighted by Gasteiger charge is -2.62. The minimum atomic E-state index is -0.949. The van der Waals surface area contributed by atoms with Crippen LogP contribution in [0.5, 0.6) is 0 Å². The number of hydrogen-bond acceptors (Lipinski definition) is 12. The first-order valence-electron chi connectivity index (χ1n) is 17.3. The second-order valence-electron chi connectivity index (χ2n) is 17.0. The molecule has 8 aliphatic carbocycles. The highest BCUT2D eigenvalue weighted by Gasteiger charge is 2.65. The first-order valence-corrected chi connectivity index (χ1v) is 17.3. The topological polar surface area (TPSA) is 186 Å². The lowest BCUT2D eigenvalue weighted by Crippen LogP contribution is -2.67. The molecule has 0 spiro atoms. The molecule has 8 bridgehead atoms. The highest BCUT2D eigenvalue weighted by Crippen LogP contribution is 2.61. The second kappa shape index (κ2) is 12.2. The van der Waals surface area contributed by atoms with Crippen LogP contribution in [0.25, 0.3) is 0 Å². The Labute approximate surface area is 276 Å². The van der Waals surface area contributed by atoms with E-state index in [1.54, 1.807) is 20.8 Å². The average molecular weight is 667 g/mol. The Morgan fingerprint density at radius 1 is 0.660 bits per heavy atom. The molecule has 5 unspecified atom stereocenters. The quantitative estimate of drug-likeness (QED) is 0.198. The first kappa shape index (κ1) is 36.0. The lowest BCUT2D eigenvalue weighted by atomic mass is 9.50. The smallest absolute Gasteiger partial charge is 0.344 e. The Bertz CT molecular complexity index is 1220. The van der Waals surface area contributed by atoms with Gasteiger partial charge in [-0.2, -0.15) is 0 Å². The van der Waals surface area contributed by atoms with Crippen LogP contribution in [0.1, 0.15) is 125 Å². The van der Waals surface area contributed by atoms with Crippen LogP contribution in [0.2, 0.25) is 0 Å². The van der Waals surface area contributed by atoms with Crippen LogP contribution in [0.3, 0.4) is 0 Å². The van der Waals surface area contributed by atoms with Crippen LogP contribution in [-0.4, -0.2) is 91.1 Å². The predicted octanol–water partition coefficient (Wildman–Crippen LogP) is 3.03. The van der Waals surface area contributed by atoms with Crippen molar-refractivity contribution in [3.05, 3.63) is 0 Å². The van der Waals surface area contributed by atoms with Gasteiger partial charge in [0.15, 0.2) is 13.2 Å². The maximum absolute atomic E-state index is 12.2. The third kappa shape index (κ3) is 7.81.